The summed E-state index contributed by atoms with van der Waals surface area (Å²) in [5.41, 5.74) is 0. The minimum atomic E-state index is -2.23. The van der Waals surface area contributed by atoms with E-state index in [1.807, 2.05) is 6.92 Å². The second-order valence-corrected chi connectivity index (χ2v) is 14.4. The highest BCUT2D eigenvalue weighted by atomic mass is 35.5. The van der Waals surface area contributed by atoms with Gasteiger partial charge in [-0.05, 0) is 5.75 Å². The van der Waals surface area contributed by atoms with Gasteiger partial charge in [0.2, 0.25) is 4.75 Å². The highest BCUT2D eigenvalue weighted by Crippen LogP contribution is 2.78. The van der Waals surface area contributed by atoms with Crippen LogP contribution in [0.5, 0.6) is 0 Å². The molecular weight excluding hydrogens is 262 g/mol. The van der Waals surface area contributed by atoms with Crippen molar-refractivity contribution < 1.29 is 4.57 Å². The summed E-state index contributed by atoms with van der Waals surface area (Å²) in [7, 11) is 0. The Bertz CT molecular complexity index is 122. The summed E-state index contributed by atoms with van der Waals surface area (Å²) in [6, 6.07) is 0. The summed E-state index contributed by atoms with van der Waals surface area (Å²) in [6.07, 6.45) is 0. The van der Waals surface area contributed by atoms with Crippen LogP contribution in [0.15, 0.2) is 0 Å². The molecule has 0 aromatic rings. The zero-order valence-electron chi connectivity index (χ0n) is 5.96. The minimum Gasteiger partial charge on any atom is -0.288 e. The molecule has 0 spiro atoms. The molecule has 0 aliphatic carbocycles. The van der Waals surface area contributed by atoms with E-state index < -0.39 is 4.75 Å². The van der Waals surface area contributed by atoms with Gasteiger partial charge in [-0.1, -0.05) is 41.1 Å². The van der Waals surface area contributed by atoms with Gasteiger partial charge in [-0.15, -0.1) is 23.2 Å². The predicted molar refractivity (Wildman–Crippen MR) is 62.4 cm³/mol. The van der Waals surface area contributed by atoms with E-state index in [1.165, 1.54) is 34.1 Å². The monoisotopic (exact) mass is 270 g/mol. The molecule has 0 aromatic heterocycles. The predicted octanol–water partition coefficient (Wildman–Crippen LogP) is 4.71. The van der Waals surface area contributed by atoms with Crippen molar-refractivity contribution in [3.63, 3.8) is 0 Å². The molecule has 1 nitrogen and oxygen atoms in total. The third kappa shape index (κ3) is 6.00. The normalized spacial score (nSPS) is 11.9. The van der Waals surface area contributed by atoms with Gasteiger partial charge in [0.15, 0.2) is 0 Å². The maximum absolute atomic E-state index is 11.7. The molecule has 0 aromatic carbocycles. The molecule has 68 valence electrons. The molecule has 0 rings (SSSR count). The minimum absolute atomic E-state index is 0.369. The van der Waals surface area contributed by atoms with Gasteiger partial charge in [-0.25, -0.2) is 0 Å². The molecule has 0 heterocycles. The lowest BCUT2D eigenvalue weighted by atomic mass is 11.0. The molecule has 0 bridgehead atoms. The van der Waals surface area contributed by atoms with Crippen LogP contribution in [-0.2, 0) is 4.57 Å². The molecule has 0 unspecified atom stereocenters. The molecule has 0 fully saturated rings. The van der Waals surface area contributed by atoms with Gasteiger partial charge in [0.05, 0.1) is 10.4 Å². The molecule has 0 amide bonds. The third-order valence-corrected chi connectivity index (χ3v) is 13.8. The summed E-state index contributed by atoms with van der Waals surface area (Å²) in [5.74, 6) is 0.838. The standard InChI is InChI=1S/C4H9Cl2OPS3/c1-2-9-8(7,10-3-5)11-4-6/h2-4H2,1H3. The van der Waals surface area contributed by atoms with Crippen LogP contribution >= 0.6 is 62.1 Å². The van der Waals surface area contributed by atoms with E-state index in [0.29, 0.717) is 10.4 Å². The Kier molecular flexibility index (Phi) is 8.51. The molecular formula is C4H9Cl2OPS3. The van der Waals surface area contributed by atoms with Crippen molar-refractivity contribution in [2.24, 2.45) is 0 Å². The second-order valence-electron chi connectivity index (χ2n) is 1.34. The number of halogens is 2. The number of rotatable bonds is 6. The van der Waals surface area contributed by atoms with E-state index in [4.69, 9.17) is 23.2 Å². The van der Waals surface area contributed by atoms with Crippen LogP contribution in [0.4, 0.5) is 0 Å². The molecule has 0 N–H and O–H groups in total. The number of hydrogen-bond donors (Lipinski definition) is 0. The zero-order valence-corrected chi connectivity index (χ0v) is 10.8. The molecule has 0 aliphatic rings. The molecule has 7 heteroatoms. The van der Waals surface area contributed by atoms with Crippen molar-refractivity contribution in [2.45, 2.75) is 6.92 Å². The lowest BCUT2D eigenvalue weighted by Crippen LogP contribution is -1.68. The van der Waals surface area contributed by atoms with E-state index in [2.05, 4.69) is 0 Å². The van der Waals surface area contributed by atoms with E-state index >= 15 is 0 Å². The Labute approximate surface area is 89.3 Å². The Hall–Kier alpha value is 1.86. The van der Waals surface area contributed by atoms with Crippen molar-refractivity contribution in [1.29, 1.82) is 0 Å². The molecule has 0 aliphatic heterocycles. The van der Waals surface area contributed by atoms with Crippen LogP contribution in [0.3, 0.4) is 0 Å². The largest absolute Gasteiger partial charge is 0.288 e. The molecule has 0 radical (unpaired) electrons. The van der Waals surface area contributed by atoms with Gasteiger partial charge in [0.1, 0.15) is 0 Å². The van der Waals surface area contributed by atoms with Gasteiger partial charge in [-0.2, -0.15) is 0 Å². The van der Waals surface area contributed by atoms with E-state index in [0.717, 1.165) is 5.75 Å². The number of alkyl halides is 2. The molecule has 0 saturated heterocycles. The fourth-order valence-corrected chi connectivity index (χ4v) is 13.9. The average molecular weight is 271 g/mol. The fraction of sp³-hybridized carbons (Fsp3) is 1.00. The Morgan fingerprint density at radius 3 is 1.91 bits per heavy atom. The Morgan fingerprint density at radius 1 is 1.18 bits per heavy atom. The summed E-state index contributed by atoms with van der Waals surface area (Å²) in [4.78, 5) is 0. The van der Waals surface area contributed by atoms with Gasteiger partial charge in [0, 0.05) is 0 Å². The van der Waals surface area contributed by atoms with Crippen molar-refractivity contribution in [1.82, 2.24) is 0 Å². The van der Waals surface area contributed by atoms with Crippen LogP contribution in [0.25, 0.3) is 0 Å². The van der Waals surface area contributed by atoms with E-state index in [9.17, 15) is 4.57 Å². The van der Waals surface area contributed by atoms with Crippen molar-refractivity contribution in [2.75, 3.05) is 16.2 Å². The Balaban J connectivity index is 3.91. The first-order chi connectivity index (χ1) is 5.18. The summed E-state index contributed by atoms with van der Waals surface area (Å²) in [6.45, 7) is 1.97. The second kappa shape index (κ2) is 7.28. The van der Waals surface area contributed by atoms with E-state index in [1.54, 1.807) is 0 Å². The van der Waals surface area contributed by atoms with Crippen molar-refractivity contribution in [3.8, 4) is 0 Å². The first-order valence-electron chi connectivity index (χ1n) is 2.84. The van der Waals surface area contributed by atoms with Crippen molar-refractivity contribution in [3.05, 3.63) is 0 Å². The highest BCUT2D eigenvalue weighted by Gasteiger charge is 2.22. The van der Waals surface area contributed by atoms with Crippen LogP contribution in [0, 0.1) is 0 Å². The third-order valence-electron chi connectivity index (χ3n) is 0.701. The molecule has 0 atom stereocenters. The average Bonchev–Trinajstić information content (AvgIpc) is 1.88. The highest BCUT2D eigenvalue weighted by molar-refractivity contribution is 9.14. The van der Waals surface area contributed by atoms with E-state index in [-0.39, 0.29) is 0 Å². The molecule has 0 saturated carbocycles. The van der Waals surface area contributed by atoms with Gasteiger partial charge in [-0.3, -0.25) is 4.57 Å². The van der Waals surface area contributed by atoms with Crippen LogP contribution in [0.2, 0.25) is 0 Å². The smallest absolute Gasteiger partial charge is 0.246 e. The Morgan fingerprint density at radius 2 is 1.64 bits per heavy atom. The lowest BCUT2D eigenvalue weighted by molar-refractivity contribution is 0.601. The van der Waals surface area contributed by atoms with Crippen molar-refractivity contribution >= 4 is 62.1 Å². The maximum atomic E-state index is 11.7. The summed E-state index contributed by atoms with van der Waals surface area (Å²) in [5, 5.41) is 0.738. The fourth-order valence-electron chi connectivity index (χ4n) is 0.389. The first-order valence-corrected chi connectivity index (χ1v) is 10.4. The van der Waals surface area contributed by atoms with Crippen LogP contribution in [0.1, 0.15) is 6.92 Å². The van der Waals surface area contributed by atoms with Crippen LogP contribution in [-0.4, -0.2) is 16.2 Å². The maximum Gasteiger partial charge on any atom is 0.246 e. The van der Waals surface area contributed by atoms with Gasteiger partial charge < -0.3 is 0 Å². The van der Waals surface area contributed by atoms with Gasteiger partial charge >= 0.3 is 0 Å². The van der Waals surface area contributed by atoms with Gasteiger partial charge in [0.25, 0.3) is 0 Å². The lowest BCUT2D eigenvalue weighted by Gasteiger charge is -2.11. The SMILES string of the molecule is CCSP(=O)(SCCl)SCCl. The number of hydrogen-bond acceptors (Lipinski definition) is 4. The van der Waals surface area contributed by atoms with Crippen LogP contribution < -0.4 is 0 Å². The molecule has 11 heavy (non-hydrogen) atoms. The first kappa shape index (κ1) is 12.9. The zero-order chi connectivity index (χ0) is 8.74. The topological polar surface area (TPSA) is 17.1 Å². The summed E-state index contributed by atoms with van der Waals surface area (Å²) >= 11 is 15.0. The quantitative estimate of drug-likeness (QED) is 0.514. The summed E-state index contributed by atoms with van der Waals surface area (Å²) < 4.78 is 9.50.